The van der Waals surface area contributed by atoms with Crippen molar-refractivity contribution >= 4 is 50.3 Å². The molecule has 0 aliphatic carbocycles. The first-order valence-electron chi connectivity index (χ1n) is 7.95. The van der Waals surface area contributed by atoms with E-state index in [0.29, 0.717) is 28.3 Å². The number of fused-ring (bicyclic) bond motifs is 1. The molecule has 0 fully saturated rings. The predicted molar refractivity (Wildman–Crippen MR) is 106 cm³/mol. The number of nitrogens with one attached hydrogen (secondary N) is 1. The van der Waals surface area contributed by atoms with E-state index in [4.69, 9.17) is 21.1 Å². The van der Waals surface area contributed by atoms with E-state index in [1.807, 2.05) is 37.3 Å². The highest BCUT2D eigenvalue weighted by Crippen LogP contribution is 2.29. The lowest BCUT2D eigenvalue weighted by Gasteiger charge is -2.09. The van der Waals surface area contributed by atoms with E-state index in [2.05, 4.69) is 10.3 Å². The largest absolute Gasteiger partial charge is 0.493 e. The number of anilines is 1. The number of nitrogens with zero attached hydrogens (tertiary/aromatic N) is 1. The van der Waals surface area contributed by atoms with Gasteiger partial charge in [-0.1, -0.05) is 29.0 Å². The minimum absolute atomic E-state index is 0.261. The van der Waals surface area contributed by atoms with E-state index >= 15 is 0 Å². The summed E-state index contributed by atoms with van der Waals surface area (Å²) in [5.74, 6) is 1.03. The van der Waals surface area contributed by atoms with E-state index in [1.54, 1.807) is 19.3 Å². The van der Waals surface area contributed by atoms with Gasteiger partial charge in [-0.15, -0.1) is 0 Å². The second-order valence-electron chi connectivity index (χ2n) is 5.30. The van der Waals surface area contributed by atoms with E-state index in [9.17, 15) is 4.79 Å². The molecule has 1 amide bonds. The summed E-state index contributed by atoms with van der Waals surface area (Å²) in [4.78, 5) is 16.5. The SMILES string of the molecule is CCOc1ccc(/C=C/C(=O)Nc2nc3ccc(Cl)cc3s2)cc1OC. The fraction of sp³-hybridized carbons (Fsp3) is 0.158. The van der Waals surface area contributed by atoms with Crippen molar-refractivity contribution in [2.24, 2.45) is 0 Å². The Kier molecular flexibility index (Phi) is 5.75. The van der Waals surface area contributed by atoms with Crippen LogP contribution in [0.25, 0.3) is 16.3 Å². The van der Waals surface area contributed by atoms with Crippen LogP contribution in [0.4, 0.5) is 5.13 Å². The molecular formula is C19H17ClN2O3S. The van der Waals surface area contributed by atoms with Crippen molar-refractivity contribution in [3.05, 3.63) is 53.1 Å². The number of hydrogen-bond acceptors (Lipinski definition) is 5. The summed E-state index contributed by atoms with van der Waals surface area (Å²) in [6.45, 7) is 2.47. The Hall–Kier alpha value is -2.57. The molecule has 0 bridgehead atoms. The number of hydrogen-bond donors (Lipinski definition) is 1. The molecule has 3 rings (SSSR count). The molecule has 2 aromatic carbocycles. The zero-order valence-electron chi connectivity index (χ0n) is 14.3. The van der Waals surface area contributed by atoms with Crippen LogP contribution in [0, 0.1) is 0 Å². The molecule has 1 heterocycles. The molecule has 0 radical (unpaired) electrons. The maximum Gasteiger partial charge on any atom is 0.250 e. The number of aromatic nitrogens is 1. The van der Waals surface area contributed by atoms with Gasteiger partial charge in [0.15, 0.2) is 16.6 Å². The molecule has 1 N–H and O–H groups in total. The number of carbonyl (C=O) groups is 1. The average molecular weight is 389 g/mol. The third kappa shape index (κ3) is 4.33. The number of carbonyl (C=O) groups excluding carboxylic acids is 1. The minimum Gasteiger partial charge on any atom is -0.493 e. The third-order valence-electron chi connectivity index (χ3n) is 3.50. The summed E-state index contributed by atoms with van der Waals surface area (Å²) in [7, 11) is 1.58. The molecule has 0 saturated heterocycles. The number of benzene rings is 2. The maximum absolute atomic E-state index is 12.1. The highest BCUT2D eigenvalue weighted by molar-refractivity contribution is 7.22. The van der Waals surface area contributed by atoms with Gasteiger partial charge in [0, 0.05) is 11.1 Å². The van der Waals surface area contributed by atoms with Gasteiger partial charge in [0.05, 0.1) is 23.9 Å². The van der Waals surface area contributed by atoms with Crippen molar-refractivity contribution in [3.8, 4) is 11.5 Å². The van der Waals surface area contributed by atoms with Gasteiger partial charge in [0.1, 0.15) is 0 Å². The van der Waals surface area contributed by atoms with Crippen LogP contribution in [-0.4, -0.2) is 24.6 Å². The second-order valence-corrected chi connectivity index (χ2v) is 6.76. The Morgan fingerprint density at radius 1 is 1.27 bits per heavy atom. The lowest BCUT2D eigenvalue weighted by Crippen LogP contribution is -2.07. The summed E-state index contributed by atoms with van der Waals surface area (Å²) < 4.78 is 11.7. The monoisotopic (exact) mass is 388 g/mol. The molecule has 0 aliphatic rings. The van der Waals surface area contributed by atoms with E-state index in [1.165, 1.54) is 17.4 Å². The number of ether oxygens (including phenoxy) is 2. The molecule has 26 heavy (non-hydrogen) atoms. The summed E-state index contributed by atoms with van der Waals surface area (Å²) in [5, 5.41) is 3.93. The molecule has 3 aromatic rings. The Morgan fingerprint density at radius 2 is 2.12 bits per heavy atom. The van der Waals surface area contributed by atoms with Crippen molar-refractivity contribution in [3.63, 3.8) is 0 Å². The quantitative estimate of drug-likeness (QED) is 0.603. The maximum atomic E-state index is 12.1. The van der Waals surface area contributed by atoms with Gasteiger partial charge in [-0.25, -0.2) is 4.98 Å². The van der Waals surface area contributed by atoms with Crippen molar-refractivity contribution in [1.82, 2.24) is 4.98 Å². The number of amides is 1. The Balaban J connectivity index is 1.70. The van der Waals surface area contributed by atoms with Crippen LogP contribution >= 0.6 is 22.9 Å². The van der Waals surface area contributed by atoms with Gasteiger partial charge in [-0.3, -0.25) is 10.1 Å². The summed E-state index contributed by atoms with van der Waals surface area (Å²) in [6.07, 6.45) is 3.16. The smallest absolute Gasteiger partial charge is 0.250 e. The third-order valence-corrected chi connectivity index (χ3v) is 4.66. The predicted octanol–water partition coefficient (Wildman–Crippen LogP) is 5.01. The number of rotatable bonds is 6. The molecule has 0 unspecified atom stereocenters. The first-order chi connectivity index (χ1) is 12.6. The summed E-state index contributed by atoms with van der Waals surface area (Å²) in [5.41, 5.74) is 1.63. The van der Waals surface area contributed by atoms with Gasteiger partial charge in [-0.05, 0) is 48.9 Å². The normalized spacial score (nSPS) is 11.0. The van der Waals surface area contributed by atoms with Gasteiger partial charge in [0.2, 0.25) is 5.91 Å². The highest BCUT2D eigenvalue weighted by atomic mass is 35.5. The number of methoxy groups -OCH3 is 1. The van der Waals surface area contributed by atoms with Gasteiger partial charge < -0.3 is 9.47 Å². The molecule has 5 nitrogen and oxygen atoms in total. The summed E-state index contributed by atoms with van der Waals surface area (Å²) in [6, 6.07) is 10.9. The standard InChI is InChI=1S/C19H17ClN2O3S/c1-3-25-15-8-4-12(10-16(15)24-2)5-9-18(23)22-19-21-14-7-6-13(20)11-17(14)26-19/h4-11H,3H2,1-2H3,(H,21,22,23)/b9-5+. The average Bonchev–Trinajstić information content (AvgIpc) is 3.02. The van der Waals surface area contributed by atoms with E-state index in [0.717, 1.165) is 15.8 Å². The fourth-order valence-corrected chi connectivity index (χ4v) is 3.48. The van der Waals surface area contributed by atoms with Crippen molar-refractivity contribution in [2.75, 3.05) is 19.0 Å². The first kappa shape index (κ1) is 18.2. The topological polar surface area (TPSA) is 60.5 Å². The number of halogens is 1. The van der Waals surface area contributed by atoms with Gasteiger partial charge >= 0.3 is 0 Å². The van der Waals surface area contributed by atoms with Gasteiger partial charge in [0.25, 0.3) is 0 Å². The van der Waals surface area contributed by atoms with Crippen molar-refractivity contribution in [2.45, 2.75) is 6.92 Å². The van der Waals surface area contributed by atoms with E-state index < -0.39 is 0 Å². The van der Waals surface area contributed by atoms with Crippen LogP contribution in [0.1, 0.15) is 12.5 Å². The van der Waals surface area contributed by atoms with Crippen LogP contribution in [-0.2, 0) is 4.79 Å². The molecule has 1 aromatic heterocycles. The molecule has 0 saturated carbocycles. The van der Waals surface area contributed by atoms with Crippen LogP contribution in [0.15, 0.2) is 42.5 Å². The number of thiazole rings is 1. The Bertz CT molecular complexity index is 969. The Morgan fingerprint density at radius 3 is 2.88 bits per heavy atom. The lowest BCUT2D eigenvalue weighted by molar-refractivity contribution is -0.111. The molecule has 0 spiro atoms. The molecular weight excluding hydrogens is 372 g/mol. The summed E-state index contributed by atoms with van der Waals surface area (Å²) >= 11 is 7.34. The van der Waals surface area contributed by atoms with Crippen molar-refractivity contribution in [1.29, 1.82) is 0 Å². The zero-order valence-corrected chi connectivity index (χ0v) is 15.9. The molecule has 0 atom stereocenters. The molecule has 134 valence electrons. The lowest BCUT2D eigenvalue weighted by atomic mass is 10.2. The van der Waals surface area contributed by atoms with Crippen LogP contribution < -0.4 is 14.8 Å². The molecule has 7 heteroatoms. The van der Waals surface area contributed by atoms with Gasteiger partial charge in [-0.2, -0.15) is 0 Å². The fourth-order valence-electron chi connectivity index (χ4n) is 2.33. The molecule has 0 aliphatic heterocycles. The van der Waals surface area contributed by atoms with Crippen LogP contribution in [0.5, 0.6) is 11.5 Å². The minimum atomic E-state index is -0.261. The zero-order chi connectivity index (χ0) is 18.5. The first-order valence-corrected chi connectivity index (χ1v) is 9.14. The van der Waals surface area contributed by atoms with Crippen LogP contribution in [0.3, 0.4) is 0 Å². The van der Waals surface area contributed by atoms with E-state index in [-0.39, 0.29) is 5.91 Å². The van der Waals surface area contributed by atoms with Crippen molar-refractivity contribution < 1.29 is 14.3 Å². The Labute approximate surface area is 160 Å². The highest BCUT2D eigenvalue weighted by Gasteiger charge is 2.07. The second kappa shape index (κ2) is 8.21. The van der Waals surface area contributed by atoms with Crippen LogP contribution in [0.2, 0.25) is 5.02 Å².